The van der Waals surface area contributed by atoms with Gasteiger partial charge in [-0.1, -0.05) is 54.4 Å². The van der Waals surface area contributed by atoms with E-state index in [0.29, 0.717) is 25.8 Å². The van der Waals surface area contributed by atoms with Gasteiger partial charge in [0.2, 0.25) is 11.8 Å². The van der Waals surface area contributed by atoms with Crippen LogP contribution in [0.5, 0.6) is 0 Å². The Bertz CT molecular complexity index is 873. The molecule has 4 rings (SSSR count). The first-order chi connectivity index (χ1) is 16.2. The maximum atomic E-state index is 13.7. The van der Waals surface area contributed by atoms with Crippen molar-refractivity contribution in [3.63, 3.8) is 0 Å². The number of hydrogen-bond donors (Lipinski definition) is 4. The number of aliphatic hydroxyl groups is 1. The number of likely N-dealkylation sites (tertiary alicyclic amines) is 1. The van der Waals surface area contributed by atoms with E-state index >= 15 is 0 Å². The Morgan fingerprint density at radius 1 is 1.14 bits per heavy atom. The molecule has 8 nitrogen and oxygen atoms in total. The van der Waals surface area contributed by atoms with Crippen LogP contribution in [-0.4, -0.2) is 64.5 Å². The number of carbonyl (C=O) groups excluding carboxylic acids is 3. The quantitative estimate of drug-likeness (QED) is 0.415. The first kappa shape index (κ1) is 26.4. The fourth-order valence-corrected chi connectivity index (χ4v) is 7.21. The van der Waals surface area contributed by atoms with E-state index in [9.17, 15) is 19.5 Å². The molecule has 1 aliphatic heterocycles. The number of fused-ring (bicyclic) bond motifs is 1. The molecular weight excluding hydrogens is 444 g/mol. The molecule has 1 saturated heterocycles. The van der Waals surface area contributed by atoms with Crippen LogP contribution in [0.4, 0.5) is 0 Å². The molecule has 1 heterocycles. The molecular formula is C27H46N4O4. The number of amides is 3. The number of aliphatic hydroxyl groups excluding tert-OH is 1. The van der Waals surface area contributed by atoms with Gasteiger partial charge in [0, 0.05) is 18.0 Å². The number of rotatable bonds is 8. The lowest BCUT2D eigenvalue weighted by Crippen LogP contribution is -2.58. The largest absolute Gasteiger partial charge is 0.381 e. The standard InChI is InChI=1S/C27H46N4O4/c1-7-9-17(19(32)22(34)29-16-10-11-16)30-21(33)18-14-27(25(5,6)26(27)12-8-13-26)15-31(18)23(35)20(28)24(2,3)4/h16-20,32H,7-15,28H2,1-6H3,(H,29,34)(H,30,33)/t17-,18-,19?,20+,27+/m0/s1. The van der Waals surface area contributed by atoms with Gasteiger partial charge < -0.3 is 26.4 Å². The molecule has 1 unspecified atom stereocenters. The van der Waals surface area contributed by atoms with Crippen molar-refractivity contribution in [2.24, 2.45) is 27.4 Å². The second kappa shape index (κ2) is 8.72. The molecule has 0 radical (unpaired) electrons. The summed E-state index contributed by atoms with van der Waals surface area (Å²) in [6.07, 6.45) is 5.81. The fraction of sp³-hybridized carbons (Fsp3) is 0.889. The van der Waals surface area contributed by atoms with Crippen molar-refractivity contribution in [3.05, 3.63) is 0 Å². The van der Waals surface area contributed by atoms with E-state index in [-0.39, 0.29) is 34.1 Å². The maximum absolute atomic E-state index is 13.7. The Morgan fingerprint density at radius 3 is 2.23 bits per heavy atom. The number of hydrogen-bond acceptors (Lipinski definition) is 5. The minimum absolute atomic E-state index is 0.0596. The molecule has 0 aromatic rings. The molecule has 5 atom stereocenters. The predicted molar refractivity (Wildman–Crippen MR) is 134 cm³/mol. The van der Waals surface area contributed by atoms with Crippen LogP contribution in [0.1, 0.15) is 92.9 Å². The summed E-state index contributed by atoms with van der Waals surface area (Å²) < 4.78 is 0. The molecule has 198 valence electrons. The van der Waals surface area contributed by atoms with Gasteiger partial charge in [0.15, 0.2) is 6.10 Å². The highest BCUT2D eigenvalue weighted by atomic mass is 16.3. The number of nitrogens with one attached hydrogen (secondary N) is 2. The van der Waals surface area contributed by atoms with Gasteiger partial charge in [0.05, 0.1) is 12.1 Å². The molecule has 35 heavy (non-hydrogen) atoms. The highest BCUT2D eigenvalue weighted by Gasteiger charge is 2.85. The van der Waals surface area contributed by atoms with E-state index in [0.717, 1.165) is 25.7 Å². The molecule has 0 aromatic heterocycles. The van der Waals surface area contributed by atoms with Crippen molar-refractivity contribution < 1.29 is 19.5 Å². The minimum atomic E-state index is -1.31. The highest BCUT2D eigenvalue weighted by Crippen LogP contribution is 2.88. The lowest BCUT2D eigenvalue weighted by atomic mass is 9.73. The van der Waals surface area contributed by atoms with Crippen LogP contribution in [0.2, 0.25) is 0 Å². The van der Waals surface area contributed by atoms with Crippen molar-refractivity contribution in [2.45, 2.75) is 123 Å². The molecule has 0 aromatic carbocycles. The van der Waals surface area contributed by atoms with E-state index in [2.05, 4.69) is 24.5 Å². The molecule has 4 aliphatic rings. The average molecular weight is 491 g/mol. The van der Waals surface area contributed by atoms with Crippen molar-refractivity contribution in [3.8, 4) is 0 Å². The Kier molecular flexibility index (Phi) is 6.58. The van der Waals surface area contributed by atoms with Gasteiger partial charge in [-0.2, -0.15) is 0 Å². The van der Waals surface area contributed by atoms with Gasteiger partial charge in [-0.25, -0.2) is 0 Å². The van der Waals surface area contributed by atoms with E-state index in [1.54, 1.807) is 4.90 Å². The third-order valence-electron chi connectivity index (χ3n) is 10.1. The van der Waals surface area contributed by atoms with Gasteiger partial charge >= 0.3 is 0 Å². The van der Waals surface area contributed by atoms with Crippen LogP contribution in [0.25, 0.3) is 0 Å². The number of carbonyl (C=O) groups is 3. The monoisotopic (exact) mass is 490 g/mol. The lowest BCUT2D eigenvalue weighted by Gasteiger charge is -2.34. The molecule has 3 amide bonds. The molecule has 2 spiro atoms. The van der Waals surface area contributed by atoms with Crippen molar-refractivity contribution in [1.29, 1.82) is 0 Å². The Morgan fingerprint density at radius 2 is 1.77 bits per heavy atom. The number of nitrogens with zero attached hydrogens (tertiary/aromatic N) is 1. The summed E-state index contributed by atoms with van der Waals surface area (Å²) >= 11 is 0. The third-order valence-corrected chi connectivity index (χ3v) is 10.1. The summed E-state index contributed by atoms with van der Waals surface area (Å²) in [5.74, 6) is -0.912. The summed E-state index contributed by atoms with van der Waals surface area (Å²) in [7, 11) is 0. The molecule has 3 saturated carbocycles. The van der Waals surface area contributed by atoms with E-state index in [1.807, 2.05) is 27.7 Å². The van der Waals surface area contributed by atoms with Crippen LogP contribution < -0.4 is 16.4 Å². The smallest absolute Gasteiger partial charge is 0.251 e. The van der Waals surface area contributed by atoms with Crippen molar-refractivity contribution in [2.75, 3.05) is 6.54 Å². The van der Waals surface area contributed by atoms with Gasteiger partial charge in [-0.15, -0.1) is 0 Å². The molecule has 0 bridgehead atoms. The van der Waals surface area contributed by atoms with Gasteiger partial charge in [-0.05, 0) is 54.8 Å². The first-order valence-corrected chi connectivity index (χ1v) is 13.6. The zero-order chi connectivity index (χ0) is 26.0. The van der Waals surface area contributed by atoms with Crippen molar-refractivity contribution >= 4 is 17.7 Å². The van der Waals surface area contributed by atoms with Gasteiger partial charge in [-0.3, -0.25) is 14.4 Å². The summed E-state index contributed by atoms with van der Waals surface area (Å²) in [6, 6.07) is -1.92. The molecule has 4 fully saturated rings. The second-order valence-electron chi connectivity index (χ2n) is 13.3. The second-order valence-corrected chi connectivity index (χ2v) is 13.3. The van der Waals surface area contributed by atoms with Crippen molar-refractivity contribution in [1.82, 2.24) is 15.5 Å². The van der Waals surface area contributed by atoms with E-state index < -0.39 is 35.6 Å². The van der Waals surface area contributed by atoms with Gasteiger partial charge in [0.25, 0.3) is 5.91 Å². The summed E-state index contributed by atoms with van der Waals surface area (Å²) in [5.41, 5.74) is 6.13. The molecule has 5 N–H and O–H groups in total. The van der Waals surface area contributed by atoms with Crippen LogP contribution in [0, 0.1) is 21.7 Å². The normalized spacial score (nSPS) is 31.0. The fourth-order valence-electron chi connectivity index (χ4n) is 7.21. The van der Waals surface area contributed by atoms with Crippen LogP contribution in [0.3, 0.4) is 0 Å². The maximum Gasteiger partial charge on any atom is 0.251 e. The topological polar surface area (TPSA) is 125 Å². The minimum Gasteiger partial charge on any atom is -0.381 e. The summed E-state index contributed by atoms with van der Waals surface area (Å²) in [5, 5.41) is 16.5. The zero-order valence-electron chi connectivity index (χ0n) is 22.4. The SMILES string of the molecule is CCC[C@H](NC(=O)[C@@H]1C[C@@]2(CN1C(=O)[C@@H](N)C(C)(C)C)C(C)(C)C21CCC1)C(O)C(=O)NC1CC1. The van der Waals surface area contributed by atoms with E-state index in [4.69, 9.17) is 5.73 Å². The first-order valence-electron chi connectivity index (χ1n) is 13.6. The van der Waals surface area contributed by atoms with Crippen LogP contribution in [-0.2, 0) is 14.4 Å². The van der Waals surface area contributed by atoms with Gasteiger partial charge in [0.1, 0.15) is 6.04 Å². The predicted octanol–water partition coefficient (Wildman–Crippen LogP) is 2.08. The third kappa shape index (κ3) is 4.08. The Hall–Kier alpha value is -1.67. The Labute approximate surface area is 210 Å². The molecule has 3 aliphatic carbocycles. The Balaban J connectivity index is 1.56. The lowest BCUT2D eigenvalue weighted by molar-refractivity contribution is -0.142. The highest BCUT2D eigenvalue weighted by molar-refractivity contribution is 5.92. The molecule has 8 heteroatoms. The van der Waals surface area contributed by atoms with E-state index in [1.165, 1.54) is 6.42 Å². The summed E-state index contributed by atoms with van der Waals surface area (Å²) in [6.45, 7) is 12.9. The number of nitrogens with two attached hydrogens (primary N) is 1. The summed E-state index contributed by atoms with van der Waals surface area (Å²) in [4.78, 5) is 41.6. The van der Waals surface area contributed by atoms with Crippen LogP contribution in [0.15, 0.2) is 0 Å². The zero-order valence-corrected chi connectivity index (χ0v) is 22.4. The average Bonchev–Trinajstić information content (AvgIpc) is 3.56. The van der Waals surface area contributed by atoms with Crippen LogP contribution >= 0.6 is 0 Å².